The van der Waals surface area contributed by atoms with Crippen molar-refractivity contribution in [3.63, 3.8) is 0 Å². The highest BCUT2D eigenvalue weighted by atomic mass is 32.2. The fourth-order valence-corrected chi connectivity index (χ4v) is 2.67. The highest BCUT2D eigenvalue weighted by Crippen LogP contribution is 2.18. The van der Waals surface area contributed by atoms with E-state index in [9.17, 15) is 8.42 Å². The SMILES string of the molecule is CS(=O)(=O)CCCn1ccc2ccc(CO)cc21. The summed E-state index contributed by atoms with van der Waals surface area (Å²) in [5.74, 6) is 0.201. The van der Waals surface area contributed by atoms with E-state index in [4.69, 9.17) is 5.11 Å². The second-order valence-electron chi connectivity index (χ2n) is 4.54. The van der Waals surface area contributed by atoms with Gasteiger partial charge in [-0.25, -0.2) is 8.42 Å². The van der Waals surface area contributed by atoms with E-state index in [1.54, 1.807) is 0 Å². The van der Waals surface area contributed by atoms with Crippen LogP contribution in [0, 0.1) is 0 Å². The maximum Gasteiger partial charge on any atom is 0.147 e. The van der Waals surface area contributed by atoms with Crippen molar-refractivity contribution in [3.8, 4) is 0 Å². The van der Waals surface area contributed by atoms with E-state index in [1.165, 1.54) is 6.26 Å². The lowest BCUT2D eigenvalue weighted by Gasteiger charge is -2.06. The summed E-state index contributed by atoms with van der Waals surface area (Å²) in [6.45, 7) is 0.690. The molecule has 1 heterocycles. The predicted octanol–water partition coefficient (Wildman–Crippen LogP) is 1.57. The van der Waals surface area contributed by atoms with Crippen LogP contribution in [0.2, 0.25) is 0 Å². The molecule has 1 aromatic carbocycles. The van der Waals surface area contributed by atoms with Gasteiger partial charge in [0, 0.05) is 24.5 Å². The Morgan fingerprint density at radius 1 is 1.28 bits per heavy atom. The van der Waals surface area contributed by atoms with Crippen LogP contribution in [0.15, 0.2) is 30.5 Å². The van der Waals surface area contributed by atoms with Gasteiger partial charge in [-0.05, 0) is 29.5 Å². The third-order valence-corrected chi connectivity index (χ3v) is 3.97. The number of aromatic nitrogens is 1. The molecule has 1 aromatic heterocycles. The van der Waals surface area contributed by atoms with Crippen LogP contribution in [0.5, 0.6) is 0 Å². The lowest BCUT2D eigenvalue weighted by atomic mass is 10.2. The van der Waals surface area contributed by atoms with E-state index in [0.29, 0.717) is 13.0 Å². The van der Waals surface area contributed by atoms with Crippen molar-refractivity contribution in [1.29, 1.82) is 0 Å². The molecule has 5 heteroatoms. The van der Waals surface area contributed by atoms with Gasteiger partial charge in [-0.2, -0.15) is 0 Å². The molecule has 1 N–H and O–H groups in total. The molecule has 2 aromatic rings. The average Bonchev–Trinajstić information content (AvgIpc) is 2.70. The van der Waals surface area contributed by atoms with Crippen molar-refractivity contribution in [2.45, 2.75) is 19.6 Å². The van der Waals surface area contributed by atoms with Crippen molar-refractivity contribution >= 4 is 20.7 Å². The van der Waals surface area contributed by atoms with Gasteiger partial charge in [0.1, 0.15) is 9.84 Å². The summed E-state index contributed by atoms with van der Waals surface area (Å²) in [6, 6.07) is 7.80. The molecule has 0 amide bonds. The number of nitrogens with zero attached hydrogens (tertiary/aromatic N) is 1. The largest absolute Gasteiger partial charge is 0.392 e. The fourth-order valence-electron chi connectivity index (χ4n) is 2.02. The van der Waals surface area contributed by atoms with E-state index in [1.807, 2.05) is 35.0 Å². The van der Waals surface area contributed by atoms with Crippen LogP contribution in [-0.2, 0) is 23.0 Å². The van der Waals surface area contributed by atoms with E-state index in [2.05, 4.69) is 0 Å². The van der Waals surface area contributed by atoms with Crippen LogP contribution >= 0.6 is 0 Å². The Hall–Kier alpha value is -1.33. The minimum absolute atomic E-state index is 0.0183. The van der Waals surface area contributed by atoms with Crippen LogP contribution in [0.25, 0.3) is 10.9 Å². The quantitative estimate of drug-likeness (QED) is 0.894. The zero-order valence-corrected chi connectivity index (χ0v) is 11.2. The molecule has 0 spiro atoms. The first-order valence-electron chi connectivity index (χ1n) is 5.86. The van der Waals surface area contributed by atoms with Crippen LogP contribution in [-0.4, -0.2) is 30.1 Å². The summed E-state index contributed by atoms with van der Waals surface area (Å²) in [5.41, 5.74) is 1.90. The Labute approximate surface area is 107 Å². The second kappa shape index (κ2) is 5.12. The van der Waals surface area contributed by atoms with Crippen molar-refractivity contribution < 1.29 is 13.5 Å². The summed E-state index contributed by atoms with van der Waals surface area (Å²) < 4.78 is 24.2. The molecule has 4 nitrogen and oxygen atoms in total. The number of hydrogen-bond donors (Lipinski definition) is 1. The molecule has 0 radical (unpaired) electrons. The van der Waals surface area contributed by atoms with E-state index in [0.717, 1.165) is 16.5 Å². The molecule has 0 aliphatic carbocycles. The van der Waals surface area contributed by atoms with Crippen molar-refractivity contribution in [3.05, 3.63) is 36.0 Å². The van der Waals surface area contributed by atoms with Crippen LogP contribution in [0.1, 0.15) is 12.0 Å². The molecule has 0 aliphatic rings. The zero-order valence-electron chi connectivity index (χ0n) is 10.3. The third kappa shape index (κ3) is 3.11. The minimum atomic E-state index is -2.90. The molecule has 18 heavy (non-hydrogen) atoms. The topological polar surface area (TPSA) is 59.3 Å². The summed E-state index contributed by atoms with van der Waals surface area (Å²) in [6.07, 6.45) is 3.81. The van der Waals surface area contributed by atoms with E-state index < -0.39 is 9.84 Å². The fraction of sp³-hybridized carbons (Fsp3) is 0.385. The molecule has 0 saturated heterocycles. The first-order valence-corrected chi connectivity index (χ1v) is 7.92. The Bertz CT molecular complexity index is 643. The first kappa shape index (κ1) is 13.1. The number of sulfone groups is 1. The van der Waals surface area contributed by atoms with Crippen molar-refractivity contribution in [1.82, 2.24) is 4.57 Å². The number of fused-ring (bicyclic) bond motifs is 1. The Morgan fingerprint density at radius 2 is 2.06 bits per heavy atom. The maximum absolute atomic E-state index is 11.1. The molecular formula is C13H17NO3S. The molecule has 0 atom stereocenters. The normalized spacial score (nSPS) is 12.1. The first-order chi connectivity index (χ1) is 8.49. The molecule has 0 aliphatic heterocycles. The van der Waals surface area contributed by atoms with Gasteiger partial charge in [-0.1, -0.05) is 12.1 Å². The number of rotatable bonds is 5. The molecule has 0 saturated carbocycles. The highest BCUT2D eigenvalue weighted by Gasteiger charge is 2.05. The van der Waals surface area contributed by atoms with E-state index >= 15 is 0 Å². The number of benzene rings is 1. The summed E-state index contributed by atoms with van der Waals surface area (Å²) >= 11 is 0. The van der Waals surface area contributed by atoms with Gasteiger partial charge in [0.15, 0.2) is 0 Å². The standard InChI is InChI=1S/C13H17NO3S/c1-18(16,17)8-2-6-14-7-5-12-4-3-11(10-15)9-13(12)14/h3-5,7,9,15H,2,6,8,10H2,1H3. The zero-order chi connectivity index (χ0) is 13.2. The molecule has 0 unspecified atom stereocenters. The van der Waals surface area contributed by atoms with E-state index in [-0.39, 0.29) is 12.4 Å². The molecule has 2 rings (SSSR count). The van der Waals surface area contributed by atoms with Gasteiger partial charge >= 0.3 is 0 Å². The average molecular weight is 267 g/mol. The number of hydrogen-bond acceptors (Lipinski definition) is 3. The molecule has 0 bridgehead atoms. The Morgan fingerprint density at radius 3 is 2.72 bits per heavy atom. The minimum Gasteiger partial charge on any atom is -0.392 e. The van der Waals surface area contributed by atoms with Crippen LogP contribution in [0.4, 0.5) is 0 Å². The van der Waals surface area contributed by atoms with Crippen LogP contribution < -0.4 is 0 Å². The van der Waals surface area contributed by atoms with Gasteiger partial charge in [-0.15, -0.1) is 0 Å². The molecular weight excluding hydrogens is 250 g/mol. The number of aliphatic hydroxyl groups excluding tert-OH is 1. The summed E-state index contributed by atoms with van der Waals surface area (Å²) in [4.78, 5) is 0. The van der Waals surface area contributed by atoms with Gasteiger partial charge in [0.25, 0.3) is 0 Å². The number of aryl methyl sites for hydroxylation is 1. The smallest absolute Gasteiger partial charge is 0.147 e. The highest BCUT2D eigenvalue weighted by molar-refractivity contribution is 7.90. The van der Waals surface area contributed by atoms with Gasteiger partial charge in [-0.3, -0.25) is 0 Å². The Kier molecular flexibility index (Phi) is 3.73. The summed E-state index contributed by atoms with van der Waals surface area (Å²) in [7, 11) is -2.90. The lowest BCUT2D eigenvalue weighted by molar-refractivity contribution is 0.282. The maximum atomic E-state index is 11.1. The van der Waals surface area contributed by atoms with Crippen molar-refractivity contribution in [2.75, 3.05) is 12.0 Å². The lowest BCUT2D eigenvalue weighted by Crippen LogP contribution is -2.06. The third-order valence-electron chi connectivity index (χ3n) is 2.94. The predicted molar refractivity (Wildman–Crippen MR) is 72.2 cm³/mol. The second-order valence-corrected chi connectivity index (χ2v) is 6.80. The number of aliphatic hydroxyl groups is 1. The molecule has 98 valence electrons. The monoisotopic (exact) mass is 267 g/mol. The Balaban J connectivity index is 2.18. The van der Waals surface area contributed by atoms with Crippen molar-refractivity contribution in [2.24, 2.45) is 0 Å². The molecule has 0 fully saturated rings. The van der Waals surface area contributed by atoms with Crippen LogP contribution in [0.3, 0.4) is 0 Å². The van der Waals surface area contributed by atoms with Gasteiger partial charge in [0.05, 0.1) is 12.4 Å². The summed E-state index contributed by atoms with van der Waals surface area (Å²) in [5, 5.41) is 10.2. The van der Waals surface area contributed by atoms with Gasteiger partial charge < -0.3 is 9.67 Å². The van der Waals surface area contributed by atoms with Gasteiger partial charge in [0.2, 0.25) is 0 Å².